The highest BCUT2D eigenvalue weighted by molar-refractivity contribution is 5.76. The minimum Gasteiger partial charge on any atom is -0.497 e. The fourth-order valence-electron chi connectivity index (χ4n) is 2.18. The van der Waals surface area contributed by atoms with Crippen molar-refractivity contribution < 1.29 is 13.9 Å². The molecule has 4 heteroatoms. The van der Waals surface area contributed by atoms with E-state index in [4.69, 9.17) is 9.15 Å². The van der Waals surface area contributed by atoms with Crippen molar-refractivity contribution in [1.29, 1.82) is 0 Å². The second kappa shape index (κ2) is 6.97. The highest BCUT2D eigenvalue weighted by Gasteiger charge is 2.17. The number of amides is 1. The summed E-state index contributed by atoms with van der Waals surface area (Å²) in [7, 11) is 3.47. The summed E-state index contributed by atoms with van der Waals surface area (Å²) in [5, 5.41) is 0. The third-order valence-corrected chi connectivity index (χ3v) is 3.74. The molecule has 4 nitrogen and oxygen atoms in total. The summed E-state index contributed by atoms with van der Waals surface area (Å²) in [4.78, 5) is 14.0. The van der Waals surface area contributed by atoms with Crippen LogP contribution in [0.3, 0.4) is 0 Å². The number of benzene rings is 1. The second-order valence-electron chi connectivity index (χ2n) is 5.03. The van der Waals surface area contributed by atoms with E-state index in [-0.39, 0.29) is 11.9 Å². The number of hydrogen-bond acceptors (Lipinski definition) is 3. The van der Waals surface area contributed by atoms with Gasteiger partial charge in [-0.15, -0.1) is 0 Å². The molecule has 0 N–H and O–H groups in total. The van der Waals surface area contributed by atoms with Gasteiger partial charge in [0.2, 0.25) is 5.91 Å². The second-order valence-corrected chi connectivity index (χ2v) is 5.03. The molecule has 2 rings (SSSR count). The molecule has 0 fully saturated rings. The van der Waals surface area contributed by atoms with Gasteiger partial charge in [0.15, 0.2) is 0 Å². The molecule has 1 atom stereocenters. The number of methoxy groups -OCH3 is 1. The van der Waals surface area contributed by atoms with E-state index in [1.807, 2.05) is 50.4 Å². The molecule has 0 aliphatic carbocycles. The number of rotatable bonds is 6. The molecule has 0 bridgehead atoms. The van der Waals surface area contributed by atoms with E-state index in [2.05, 4.69) is 0 Å². The van der Waals surface area contributed by atoms with Gasteiger partial charge in [-0.25, -0.2) is 0 Å². The number of carbonyl (C=O) groups excluding carboxylic acids is 1. The van der Waals surface area contributed by atoms with Crippen molar-refractivity contribution >= 4 is 5.91 Å². The lowest BCUT2D eigenvalue weighted by atomic mass is 10.1. The van der Waals surface area contributed by atoms with Crippen molar-refractivity contribution in [3.63, 3.8) is 0 Å². The first-order valence-electron chi connectivity index (χ1n) is 7.04. The summed E-state index contributed by atoms with van der Waals surface area (Å²) < 4.78 is 10.4. The Morgan fingerprint density at radius 3 is 2.57 bits per heavy atom. The zero-order chi connectivity index (χ0) is 15.2. The topological polar surface area (TPSA) is 42.7 Å². The molecule has 1 amide bonds. The summed E-state index contributed by atoms with van der Waals surface area (Å²) in [5.74, 6) is 1.77. The van der Waals surface area contributed by atoms with Crippen LogP contribution in [0.5, 0.6) is 5.75 Å². The summed E-state index contributed by atoms with van der Waals surface area (Å²) >= 11 is 0. The molecule has 0 spiro atoms. The van der Waals surface area contributed by atoms with Crippen LogP contribution in [-0.4, -0.2) is 25.0 Å². The maximum absolute atomic E-state index is 12.2. The number of hydrogen-bond donors (Lipinski definition) is 0. The van der Waals surface area contributed by atoms with E-state index in [9.17, 15) is 4.79 Å². The predicted octanol–water partition coefficient (Wildman–Crippen LogP) is 3.44. The molecule has 1 heterocycles. The molecule has 1 aromatic heterocycles. The number of furan rings is 1. The van der Waals surface area contributed by atoms with E-state index in [1.165, 1.54) is 0 Å². The number of aryl methyl sites for hydroxylation is 1. The Hall–Kier alpha value is -2.23. The molecule has 112 valence electrons. The Kier molecular flexibility index (Phi) is 5.04. The number of ether oxygens (including phenoxy) is 1. The molecule has 0 saturated heterocycles. The van der Waals surface area contributed by atoms with E-state index < -0.39 is 0 Å². The zero-order valence-corrected chi connectivity index (χ0v) is 12.7. The van der Waals surface area contributed by atoms with Crippen LogP contribution >= 0.6 is 0 Å². The minimum absolute atomic E-state index is 0.0278. The molecule has 0 aliphatic rings. The van der Waals surface area contributed by atoms with Crippen molar-refractivity contribution in [2.45, 2.75) is 25.8 Å². The summed E-state index contributed by atoms with van der Waals surface area (Å²) in [5.41, 5.74) is 1.09. The Labute approximate surface area is 125 Å². The van der Waals surface area contributed by atoms with Crippen molar-refractivity contribution in [2.75, 3.05) is 14.2 Å². The van der Waals surface area contributed by atoms with Gasteiger partial charge < -0.3 is 14.1 Å². The standard InChI is InChI=1S/C17H21NO3/c1-13(14-6-8-15(20-3)9-7-14)18(2)17(19)11-10-16-5-4-12-21-16/h4-9,12-13H,10-11H2,1-3H3. The lowest BCUT2D eigenvalue weighted by molar-refractivity contribution is -0.131. The Balaban J connectivity index is 1.93. The smallest absolute Gasteiger partial charge is 0.223 e. The van der Waals surface area contributed by atoms with Crippen LogP contribution in [0.4, 0.5) is 0 Å². The molecule has 1 unspecified atom stereocenters. The Bertz CT molecular complexity index is 560. The van der Waals surface area contributed by atoms with Gasteiger partial charge >= 0.3 is 0 Å². The molecule has 2 aromatic rings. The van der Waals surface area contributed by atoms with Crippen LogP contribution in [-0.2, 0) is 11.2 Å². The highest BCUT2D eigenvalue weighted by Crippen LogP contribution is 2.22. The first-order valence-corrected chi connectivity index (χ1v) is 7.04. The SMILES string of the molecule is COc1ccc(C(C)N(C)C(=O)CCc2ccco2)cc1. The van der Waals surface area contributed by atoms with Gasteiger partial charge in [-0.2, -0.15) is 0 Å². The van der Waals surface area contributed by atoms with Gasteiger partial charge in [-0.1, -0.05) is 12.1 Å². The minimum atomic E-state index is 0.0278. The van der Waals surface area contributed by atoms with Gasteiger partial charge in [0.25, 0.3) is 0 Å². The fourth-order valence-corrected chi connectivity index (χ4v) is 2.18. The molecule has 1 aromatic carbocycles. The Morgan fingerprint density at radius 2 is 2.00 bits per heavy atom. The number of nitrogens with zero attached hydrogens (tertiary/aromatic N) is 1. The molecule has 0 radical (unpaired) electrons. The van der Waals surface area contributed by atoms with Gasteiger partial charge in [0, 0.05) is 19.9 Å². The van der Waals surface area contributed by atoms with E-state index in [0.29, 0.717) is 12.8 Å². The van der Waals surface area contributed by atoms with Gasteiger partial charge in [-0.05, 0) is 36.8 Å². The number of carbonyl (C=O) groups is 1. The third-order valence-electron chi connectivity index (χ3n) is 3.74. The predicted molar refractivity (Wildman–Crippen MR) is 81.2 cm³/mol. The van der Waals surface area contributed by atoms with Crippen LogP contribution in [0.1, 0.15) is 30.7 Å². The first-order chi connectivity index (χ1) is 10.1. The van der Waals surface area contributed by atoms with E-state index >= 15 is 0 Å². The molecule has 0 saturated carbocycles. The summed E-state index contributed by atoms with van der Waals surface area (Å²) in [6, 6.07) is 11.5. The van der Waals surface area contributed by atoms with Crippen LogP contribution in [0, 0.1) is 0 Å². The normalized spacial score (nSPS) is 12.0. The molecular formula is C17H21NO3. The first kappa shape index (κ1) is 15.2. The highest BCUT2D eigenvalue weighted by atomic mass is 16.5. The largest absolute Gasteiger partial charge is 0.497 e. The quantitative estimate of drug-likeness (QED) is 0.817. The molecular weight excluding hydrogens is 266 g/mol. The van der Waals surface area contributed by atoms with Crippen molar-refractivity contribution in [3.8, 4) is 5.75 Å². The van der Waals surface area contributed by atoms with Crippen LogP contribution in [0.15, 0.2) is 47.1 Å². The van der Waals surface area contributed by atoms with Crippen molar-refractivity contribution in [1.82, 2.24) is 4.90 Å². The van der Waals surface area contributed by atoms with Gasteiger partial charge in [-0.3, -0.25) is 4.79 Å². The van der Waals surface area contributed by atoms with Crippen LogP contribution < -0.4 is 4.74 Å². The average molecular weight is 287 g/mol. The average Bonchev–Trinajstić information content (AvgIpc) is 3.04. The summed E-state index contributed by atoms with van der Waals surface area (Å²) in [6.07, 6.45) is 2.71. The zero-order valence-electron chi connectivity index (χ0n) is 12.7. The lowest BCUT2D eigenvalue weighted by Gasteiger charge is -2.25. The van der Waals surface area contributed by atoms with Crippen molar-refractivity contribution in [2.24, 2.45) is 0 Å². The lowest BCUT2D eigenvalue weighted by Crippen LogP contribution is -2.29. The van der Waals surface area contributed by atoms with E-state index in [0.717, 1.165) is 17.1 Å². The maximum Gasteiger partial charge on any atom is 0.223 e. The maximum atomic E-state index is 12.2. The summed E-state index contributed by atoms with van der Waals surface area (Å²) in [6.45, 7) is 2.02. The van der Waals surface area contributed by atoms with Gasteiger partial charge in [0.05, 0.1) is 19.4 Å². The van der Waals surface area contributed by atoms with Crippen LogP contribution in [0.2, 0.25) is 0 Å². The van der Waals surface area contributed by atoms with Crippen LogP contribution in [0.25, 0.3) is 0 Å². The van der Waals surface area contributed by atoms with Crippen molar-refractivity contribution in [3.05, 3.63) is 54.0 Å². The monoisotopic (exact) mass is 287 g/mol. The third kappa shape index (κ3) is 3.88. The van der Waals surface area contributed by atoms with Gasteiger partial charge in [0.1, 0.15) is 11.5 Å². The molecule has 21 heavy (non-hydrogen) atoms. The Morgan fingerprint density at radius 1 is 1.29 bits per heavy atom. The fraction of sp³-hybridized carbons (Fsp3) is 0.353. The van der Waals surface area contributed by atoms with E-state index in [1.54, 1.807) is 18.3 Å². The molecule has 0 aliphatic heterocycles.